The first-order valence-electron chi connectivity index (χ1n) is 8.10. The van der Waals surface area contributed by atoms with Gasteiger partial charge in [0.15, 0.2) is 0 Å². The third-order valence-electron chi connectivity index (χ3n) is 4.97. The van der Waals surface area contributed by atoms with E-state index in [9.17, 15) is 0 Å². The van der Waals surface area contributed by atoms with Crippen LogP contribution in [-0.2, 0) is 0 Å². The van der Waals surface area contributed by atoms with E-state index in [2.05, 4.69) is 30.3 Å². The zero-order chi connectivity index (χ0) is 12.8. The topological polar surface area (TPSA) is 12.0 Å². The first-order valence-corrected chi connectivity index (χ1v) is 9.39. The summed E-state index contributed by atoms with van der Waals surface area (Å²) in [5.41, 5.74) is 0. The van der Waals surface area contributed by atoms with Crippen LogP contribution in [0, 0.1) is 5.92 Å². The van der Waals surface area contributed by atoms with Gasteiger partial charge in [-0.15, -0.1) is 0 Å². The van der Waals surface area contributed by atoms with Gasteiger partial charge in [0.1, 0.15) is 0 Å². The highest BCUT2D eigenvalue weighted by atomic mass is 32.2. The quantitative estimate of drug-likeness (QED) is 0.732. The molecule has 2 saturated carbocycles. The number of hydrogen-bond donors (Lipinski definition) is 1. The van der Waals surface area contributed by atoms with E-state index in [1.54, 1.807) is 0 Å². The monoisotopic (exact) mass is 269 g/mol. The SMILES string of the molecule is CCCC1CCCC(NC2CCC(SC)C2)CC1. The molecule has 2 aliphatic carbocycles. The van der Waals surface area contributed by atoms with Crippen molar-refractivity contribution in [2.75, 3.05) is 6.26 Å². The van der Waals surface area contributed by atoms with Crippen LogP contribution in [0.3, 0.4) is 0 Å². The van der Waals surface area contributed by atoms with Gasteiger partial charge in [0.05, 0.1) is 0 Å². The van der Waals surface area contributed by atoms with Crippen molar-refractivity contribution in [2.45, 2.75) is 88.5 Å². The minimum atomic E-state index is 0.829. The molecule has 1 nitrogen and oxygen atoms in total. The number of nitrogens with one attached hydrogen (secondary N) is 1. The second kappa shape index (κ2) is 7.79. The van der Waals surface area contributed by atoms with Crippen LogP contribution >= 0.6 is 11.8 Å². The van der Waals surface area contributed by atoms with Gasteiger partial charge in [-0.05, 0) is 50.7 Å². The fourth-order valence-electron chi connectivity index (χ4n) is 3.88. The first kappa shape index (κ1) is 14.7. The summed E-state index contributed by atoms with van der Waals surface area (Å²) in [6, 6.07) is 1.66. The van der Waals surface area contributed by atoms with Crippen molar-refractivity contribution in [3.8, 4) is 0 Å². The number of thioether (sulfide) groups is 1. The van der Waals surface area contributed by atoms with E-state index >= 15 is 0 Å². The number of hydrogen-bond acceptors (Lipinski definition) is 2. The Morgan fingerprint density at radius 2 is 1.83 bits per heavy atom. The van der Waals surface area contributed by atoms with Crippen LogP contribution in [0.2, 0.25) is 0 Å². The minimum absolute atomic E-state index is 0.829. The van der Waals surface area contributed by atoms with Gasteiger partial charge in [0.2, 0.25) is 0 Å². The minimum Gasteiger partial charge on any atom is -0.311 e. The molecule has 0 spiro atoms. The van der Waals surface area contributed by atoms with Crippen LogP contribution in [-0.4, -0.2) is 23.6 Å². The Morgan fingerprint density at radius 1 is 1.00 bits per heavy atom. The lowest BCUT2D eigenvalue weighted by Gasteiger charge is -2.22. The molecule has 0 aromatic carbocycles. The van der Waals surface area contributed by atoms with Gasteiger partial charge in [-0.3, -0.25) is 0 Å². The Morgan fingerprint density at radius 3 is 2.56 bits per heavy atom. The normalized spacial score (nSPS) is 37.7. The highest BCUT2D eigenvalue weighted by molar-refractivity contribution is 7.99. The summed E-state index contributed by atoms with van der Waals surface area (Å²) in [5, 5.41) is 4.90. The summed E-state index contributed by atoms with van der Waals surface area (Å²) in [6.45, 7) is 2.34. The van der Waals surface area contributed by atoms with E-state index in [1.165, 1.54) is 64.2 Å². The molecule has 0 saturated heterocycles. The van der Waals surface area contributed by atoms with Gasteiger partial charge < -0.3 is 5.32 Å². The van der Waals surface area contributed by atoms with Crippen molar-refractivity contribution < 1.29 is 0 Å². The summed E-state index contributed by atoms with van der Waals surface area (Å²) in [7, 11) is 0. The predicted octanol–water partition coefficient (Wildman–Crippen LogP) is 4.61. The molecule has 0 bridgehead atoms. The van der Waals surface area contributed by atoms with Crippen LogP contribution in [0.15, 0.2) is 0 Å². The average molecular weight is 269 g/mol. The van der Waals surface area contributed by atoms with E-state index in [0.717, 1.165) is 23.3 Å². The van der Waals surface area contributed by atoms with E-state index in [4.69, 9.17) is 0 Å². The number of rotatable bonds is 5. The fraction of sp³-hybridized carbons (Fsp3) is 1.00. The molecule has 2 aliphatic rings. The molecule has 2 fully saturated rings. The maximum absolute atomic E-state index is 3.97. The summed E-state index contributed by atoms with van der Waals surface area (Å²) in [5.74, 6) is 1.03. The third kappa shape index (κ3) is 4.45. The van der Waals surface area contributed by atoms with Crippen LogP contribution in [0.25, 0.3) is 0 Å². The van der Waals surface area contributed by atoms with E-state index in [-0.39, 0.29) is 0 Å². The van der Waals surface area contributed by atoms with E-state index in [0.29, 0.717) is 0 Å². The zero-order valence-electron chi connectivity index (χ0n) is 12.3. The van der Waals surface area contributed by atoms with Crippen molar-refractivity contribution in [3.05, 3.63) is 0 Å². The highest BCUT2D eigenvalue weighted by Crippen LogP contribution is 2.31. The molecule has 1 N–H and O–H groups in total. The molecule has 0 radical (unpaired) electrons. The van der Waals surface area contributed by atoms with E-state index < -0.39 is 0 Å². The molecule has 106 valence electrons. The van der Waals surface area contributed by atoms with Gasteiger partial charge in [-0.2, -0.15) is 11.8 Å². The summed E-state index contributed by atoms with van der Waals surface area (Å²) in [6.07, 6.45) is 16.7. The standard InChI is InChI=1S/C16H31NS/c1-3-5-13-6-4-7-14(9-8-13)17-15-10-11-16(12-15)18-2/h13-17H,3-12H2,1-2H3. The summed E-state index contributed by atoms with van der Waals surface area (Å²) < 4.78 is 0. The van der Waals surface area contributed by atoms with Crippen molar-refractivity contribution >= 4 is 11.8 Å². The Hall–Kier alpha value is 0.310. The second-order valence-corrected chi connectivity index (χ2v) is 7.53. The lowest BCUT2D eigenvalue weighted by atomic mass is 9.95. The summed E-state index contributed by atoms with van der Waals surface area (Å²) in [4.78, 5) is 0. The zero-order valence-corrected chi connectivity index (χ0v) is 13.1. The second-order valence-electron chi connectivity index (χ2n) is 6.39. The Bertz CT molecular complexity index is 231. The summed E-state index contributed by atoms with van der Waals surface area (Å²) >= 11 is 2.07. The molecule has 0 aromatic rings. The maximum atomic E-state index is 3.97. The van der Waals surface area contributed by atoms with Gasteiger partial charge in [-0.1, -0.05) is 32.6 Å². The lowest BCUT2D eigenvalue weighted by Crippen LogP contribution is -2.36. The van der Waals surface area contributed by atoms with Gasteiger partial charge in [-0.25, -0.2) is 0 Å². The van der Waals surface area contributed by atoms with Crippen molar-refractivity contribution in [2.24, 2.45) is 5.92 Å². The lowest BCUT2D eigenvalue weighted by molar-refractivity contribution is 0.382. The molecule has 4 atom stereocenters. The van der Waals surface area contributed by atoms with Crippen LogP contribution in [0.4, 0.5) is 0 Å². The Labute approximate surface area is 118 Å². The van der Waals surface area contributed by atoms with Crippen molar-refractivity contribution in [3.63, 3.8) is 0 Å². The molecule has 2 rings (SSSR count). The largest absolute Gasteiger partial charge is 0.311 e. The molecular weight excluding hydrogens is 238 g/mol. The van der Waals surface area contributed by atoms with Crippen LogP contribution in [0.1, 0.15) is 71.1 Å². The Balaban J connectivity index is 1.70. The van der Waals surface area contributed by atoms with Gasteiger partial charge in [0.25, 0.3) is 0 Å². The van der Waals surface area contributed by atoms with Gasteiger partial charge >= 0.3 is 0 Å². The van der Waals surface area contributed by atoms with Crippen molar-refractivity contribution in [1.82, 2.24) is 5.32 Å². The molecule has 0 amide bonds. The van der Waals surface area contributed by atoms with Gasteiger partial charge in [0, 0.05) is 17.3 Å². The fourth-order valence-corrected chi connectivity index (χ4v) is 4.68. The maximum Gasteiger partial charge on any atom is 0.00805 e. The molecule has 2 heteroatoms. The molecule has 4 unspecified atom stereocenters. The van der Waals surface area contributed by atoms with Crippen LogP contribution < -0.4 is 5.32 Å². The molecule has 0 aliphatic heterocycles. The molecule has 18 heavy (non-hydrogen) atoms. The smallest absolute Gasteiger partial charge is 0.00805 e. The molecular formula is C16H31NS. The third-order valence-corrected chi connectivity index (χ3v) is 6.07. The molecule has 0 heterocycles. The first-order chi connectivity index (χ1) is 8.81. The molecule has 0 aromatic heterocycles. The Kier molecular flexibility index (Phi) is 6.37. The van der Waals surface area contributed by atoms with E-state index in [1.807, 2.05) is 0 Å². The van der Waals surface area contributed by atoms with Crippen LogP contribution in [0.5, 0.6) is 0 Å². The van der Waals surface area contributed by atoms with Crippen molar-refractivity contribution in [1.29, 1.82) is 0 Å². The average Bonchev–Trinajstić information content (AvgIpc) is 2.71. The predicted molar refractivity (Wildman–Crippen MR) is 83.3 cm³/mol. The highest BCUT2D eigenvalue weighted by Gasteiger charge is 2.26.